The van der Waals surface area contributed by atoms with Crippen LogP contribution in [0.15, 0.2) is 46.9 Å². The Hall–Kier alpha value is -3.50. The third kappa shape index (κ3) is 4.81. The SMILES string of the molecule is O=C(OCc1nnc(-c2ccc(Cl)cc2)o1)c1cc([N+](=O)[O-])ccc1N1CCOCC1. The van der Waals surface area contributed by atoms with Gasteiger partial charge in [0.1, 0.15) is 0 Å². The van der Waals surface area contributed by atoms with E-state index in [9.17, 15) is 14.9 Å². The summed E-state index contributed by atoms with van der Waals surface area (Å²) < 4.78 is 16.2. The van der Waals surface area contributed by atoms with E-state index in [-0.39, 0.29) is 29.6 Å². The Morgan fingerprint density at radius 2 is 1.90 bits per heavy atom. The molecule has 0 amide bonds. The molecule has 0 atom stereocenters. The van der Waals surface area contributed by atoms with Gasteiger partial charge in [-0.3, -0.25) is 10.1 Å². The molecule has 10 nitrogen and oxygen atoms in total. The summed E-state index contributed by atoms with van der Waals surface area (Å²) in [6, 6.07) is 10.9. The molecule has 0 aliphatic carbocycles. The lowest BCUT2D eigenvalue weighted by Gasteiger charge is -2.30. The highest BCUT2D eigenvalue weighted by Gasteiger charge is 2.23. The highest BCUT2D eigenvalue weighted by molar-refractivity contribution is 6.30. The lowest BCUT2D eigenvalue weighted by Crippen LogP contribution is -2.37. The second kappa shape index (κ2) is 9.11. The fourth-order valence-electron chi connectivity index (χ4n) is 3.11. The van der Waals surface area contributed by atoms with Gasteiger partial charge in [-0.1, -0.05) is 11.6 Å². The molecule has 0 unspecified atom stereocenters. The Morgan fingerprint density at radius 3 is 2.61 bits per heavy atom. The number of benzene rings is 2. The van der Waals surface area contributed by atoms with E-state index in [1.54, 1.807) is 30.3 Å². The van der Waals surface area contributed by atoms with E-state index in [1.165, 1.54) is 12.1 Å². The first-order chi connectivity index (χ1) is 15.0. The van der Waals surface area contributed by atoms with E-state index in [0.717, 1.165) is 0 Å². The molecule has 0 spiro atoms. The van der Waals surface area contributed by atoms with Crippen molar-refractivity contribution in [3.63, 3.8) is 0 Å². The van der Waals surface area contributed by atoms with Crippen molar-refractivity contribution >= 4 is 28.9 Å². The summed E-state index contributed by atoms with van der Waals surface area (Å²) >= 11 is 5.87. The Morgan fingerprint density at radius 1 is 1.16 bits per heavy atom. The van der Waals surface area contributed by atoms with Crippen molar-refractivity contribution in [3.8, 4) is 11.5 Å². The number of hydrogen-bond donors (Lipinski definition) is 0. The smallest absolute Gasteiger partial charge is 0.341 e. The van der Waals surface area contributed by atoms with E-state index >= 15 is 0 Å². The number of aromatic nitrogens is 2. The van der Waals surface area contributed by atoms with Crippen LogP contribution in [0.3, 0.4) is 0 Å². The quantitative estimate of drug-likeness (QED) is 0.319. The Bertz CT molecular complexity index is 1100. The van der Waals surface area contributed by atoms with Crippen LogP contribution in [0.25, 0.3) is 11.5 Å². The van der Waals surface area contributed by atoms with Gasteiger partial charge in [-0.05, 0) is 30.3 Å². The van der Waals surface area contributed by atoms with E-state index in [2.05, 4.69) is 10.2 Å². The highest BCUT2D eigenvalue weighted by Crippen LogP contribution is 2.27. The van der Waals surface area contributed by atoms with Gasteiger partial charge in [0.2, 0.25) is 5.89 Å². The summed E-state index contributed by atoms with van der Waals surface area (Å²) in [4.78, 5) is 25.3. The molecule has 0 saturated carbocycles. The fourth-order valence-corrected chi connectivity index (χ4v) is 3.23. The maximum atomic E-state index is 12.8. The number of hydrogen-bond acceptors (Lipinski definition) is 9. The summed E-state index contributed by atoms with van der Waals surface area (Å²) in [5.74, 6) is -0.375. The van der Waals surface area contributed by atoms with Crippen LogP contribution in [0, 0.1) is 10.1 Å². The van der Waals surface area contributed by atoms with Crippen molar-refractivity contribution in [1.82, 2.24) is 10.2 Å². The molecule has 0 N–H and O–H groups in total. The molecule has 31 heavy (non-hydrogen) atoms. The zero-order chi connectivity index (χ0) is 21.8. The monoisotopic (exact) mass is 444 g/mol. The fraction of sp³-hybridized carbons (Fsp3) is 0.250. The molecule has 1 aliphatic heterocycles. The van der Waals surface area contributed by atoms with Crippen molar-refractivity contribution in [3.05, 3.63) is 69.1 Å². The number of non-ortho nitro benzene ring substituents is 1. The molecule has 0 bridgehead atoms. The maximum Gasteiger partial charge on any atom is 0.341 e. The number of nitrogens with zero attached hydrogens (tertiary/aromatic N) is 4. The minimum atomic E-state index is -0.726. The van der Waals surface area contributed by atoms with E-state index in [4.69, 9.17) is 25.5 Å². The second-order valence-electron chi connectivity index (χ2n) is 6.64. The Balaban J connectivity index is 1.50. The van der Waals surface area contributed by atoms with E-state index in [1.807, 2.05) is 4.90 Å². The standard InChI is InChI=1S/C20H17ClN4O6/c21-14-3-1-13(2-4-14)19-23-22-18(31-19)12-30-20(26)16-11-15(25(27)28)5-6-17(16)24-7-9-29-10-8-24/h1-6,11H,7-10,12H2. The second-order valence-corrected chi connectivity index (χ2v) is 7.08. The average Bonchev–Trinajstić information content (AvgIpc) is 3.27. The minimum absolute atomic E-state index is 0.0912. The first kappa shape index (κ1) is 20.8. The minimum Gasteiger partial charge on any atom is -0.452 e. The predicted molar refractivity (Wildman–Crippen MR) is 110 cm³/mol. The lowest BCUT2D eigenvalue weighted by atomic mass is 10.1. The average molecular weight is 445 g/mol. The van der Waals surface area contributed by atoms with Crippen molar-refractivity contribution in [2.75, 3.05) is 31.2 Å². The van der Waals surface area contributed by atoms with Crippen molar-refractivity contribution in [2.24, 2.45) is 0 Å². The molecule has 1 saturated heterocycles. The van der Waals surface area contributed by atoms with Crippen LogP contribution < -0.4 is 4.90 Å². The lowest BCUT2D eigenvalue weighted by molar-refractivity contribution is -0.384. The number of carbonyl (C=O) groups excluding carboxylic acids is 1. The maximum absolute atomic E-state index is 12.8. The van der Waals surface area contributed by atoms with Crippen LogP contribution in [-0.2, 0) is 16.1 Å². The topological polar surface area (TPSA) is 121 Å². The van der Waals surface area contributed by atoms with Gasteiger partial charge in [0, 0.05) is 35.8 Å². The van der Waals surface area contributed by atoms with Gasteiger partial charge in [0.25, 0.3) is 11.6 Å². The molecule has 1 fully saturated rings. The highest BCUT2D eigenvalue weighted by atomic mass is 35.5. The predicted octanol–water partition coefficient (Wildman–Crippen LogP) is 3.49. The third-order valence-corrected chi connectivity index (χ3v) is 4.90. The van der Waals surface area contributed by atoms with Crippen molar-refractivity contribution in [2.45, 2.75) is 6.61 Å². The van der Waals surface area contributed by atoms with Crippen LogP contribution in [0.1, 0.15) is 16.2 Å². The van der Waals surface area contributed by atoms with Crippen LogP contribution >= 0.6 is 11.6 Å². The number of rotatable bonds is 6. The first-order valence-corrected chi connectivity index (χ1v) is 9.75. The molecule has 0 radical (unpaired) electrons. The number of ether oxygens (including phenoxy) is 2. The van der Waals surface area contributed by atoms with Crippen LogP contribution in [0.5, 0.6) is 0 Å². The molecular weight excluding hydrogens is 428 g/mol. The molecule has 1 aliphatic rings. The third-order valence-electron chi connectivity index (χ3n) is 4.65. The summed E-state index contributed by atoms with van der Waals surface area (Å²) in [7, 11) is 0. The Kier molecular flexibility index (Phi) is 6.10. The van der Waals surface area contributed by atoms with Crippen molar-refractivity contribution in [1.29, 1.82) is 0 Å². The van der Waals surface area contributed by atoms with Crippen LogP contribution in [0.4, 0.5) is 11.4 Å². The Labute approximate surface area is 181 Å². The molecule has 4 rings (SSSR count). The van der Waals surface area contributed by atoms with Gasteiger partial charge in [-0.2, -0.15) is 0 Å². The van der Waals surface area contributed by atoms with Gasteiger partial charge in [-0.15, -0.1) is 10.2 Å². The molecule has 2 aromatic carbocycles. The number of nitro groups is 1. The first-order valence-electron chi connectivity index (χ1n) is 9.38. The summed E-state index contributed by atoms with van der Waals surface area (Å²) in [5.41, 5.74) is 1.11. The molecule has 3 aromatic rings. The van der Waals surface area contributed by atoms with Crippen LogP contribution in [-0.4, -0.2) is 47.4 Å². The molecule has 2 heterocycles. The van der Waals surface area contributed by atoms with Gasteiger partial charge < -0.3 is 18.8 Å². The number of halogens is 1. The van der Waals surface area contributed by atoms with Gasteiger partial charge >= 0.3 is 5.97 Å². The summed E-state index contributed by atoms with van der Waals surface area (Å²) in [5, 5.41) is 19.6. The van der Waals surface area contributed by atoms with Crippen molar-refractivity contribution < 1.29 is 23.6 Å². The molecular formula is C20H17ClN4O6. The zero-order valence-corrected chi connectivity index (χ0v) is 16.9. The van der Waals surface area contributed by atoms with Gasteiger partial charge in [0.15, 0.2) is 6.61 Å². The van der Waals surface area contributed by atoms with Crippen LogP contribution in [0.2, 0.25) is 5.02 Å². The molecule has 160 valence electrons. The van der Waals surface area contributed by atoms with Gasteiger partial charge in [-0.25, -0.2) is 4.79 Å². The number of anilines is 1. The van der Waals surface area contributed by atoms with E-state index in [0.29, 0.717) is 42.6 Å². The normalized spacial score (nSPS) is 13.8. The van der Waals surface area contributed by atoms with Gasteiger partial charge in [0.05, 0.1) is 29.4 Å². The number of nitro benzene ring substituents is 1. The molecule has 11 heteroatoms. The summed E-state index contributed by atoms with van der Waals surface area (Å²) in [6.45, 7) is 1.85. The zero-order valence-electron chi connectivity index (χ0n) is 16.2. The van der Waals surface area contributed by atoms with E-state index < -0.39 is 10.9 Å². The number of carbonyl (C=O) groups is 1. The largest absolute Gasteiger partial charge is 0.452 e. The number of esters is 1. The molecule has 1 aromatic heterocycles. The number of morpholine rings is 1. The summed E-state index contributed by atoms with van der Waals surface area (Å²) in [6.07, 6.45) is 0.